The highest BCUT2D eigenvalue weighted by molar-refractivity contribution is 5.91. The number of hydrogen-bond acceptors (Lipinski definition) is 24. The third kappa shape index (κ3) is 17.6. The van der Waals surface area contributed by atoms with Gasteiger partial charge in [-0.25, -0.2) is 38.4 Å². The van der Waals surface area contributed by atoms with E-state index < -0.39 is 98.5 Å². The summed E-state index contributed by atoms with van der Waals surface area (Å²) in [7, 11) is 0. The predicted octanol–water partition coefficient (Wildman–Crippen LogP) is 5.06. The molecular weight excluding hydrogens is 1150 g/mol. The van der Waals surface area contributed by atoms with E-state index in [1.165, 1.54) is 27.7 Å². The van der Waals surface area contributed by atoms with Crippen LogP contribution in [0.25, 0.3) is 0 Å². The summed E-state index contributed by atoms with van der Waals surface area (Å²) in [5, 5.41) is 0. The maximum absolute atomic E-state index is 11.9. The van der Waals surface area contributed by atoms with Gasteiger partial charge in [-0.3, -0.25) is 19.2 Å². The molecule has 0 aromatic heterocycles. The molecule has 0 aromatic carbocycles. The summed E-state index contributed by atoms with van der Waals surface area (Å²) in [6.07, 6.45) is -1.75. The van der Waals surface area contributed by atoms with Crippen molar-refractivity contribution < 1.29 is 128 Å². The first-order chi connectivity index (χ1) is 40.3. The lowest BCUT2D eigenvalue weighted by molar-refractivity contribution is -0.177. The second-order valence-corrected chi connectivity index (χ2v) is 22.9. The minimum Gasteiger partial charge on any atom is -0.463 e. The van der Waals surface area contributed by atoms with Gasteiger partial charge in [-0.1, -0.05) is 32.9 Å². The molecule has 16 unspecified atom stereocenters. The van der Waals surface area contributed by atoms with E-state index in [9.17, 15) is 70.7 Å². The predicted molar refractivity (Wildman–Crippen MR) is 282 cm³/mol. The second-order valence-electron chi connectivity index (χ2n) is 22.9. The zero-order valence-electron chi connectivity index (χ0n) is 48.3. The normalized spacial score (nSPS) is 30.7. The Bertz CT molecular complexity index is 2760. The van der Waals surface area contributed by atoms with Crippen LogP contribution in [0.4, 0.5) is 13.2 Å². The molecule has 86 heavy (non-hydrogen) atoms. The molecule has 5 aliphatic heterocycles. The number of rotatable bonds is 17. The second kappa shape index (κ2) is 29.0. The SMILES string of the molecule is C=C(C)C(=O)OC1C2CC3C(=O)OC1C3C2.C=C(C)C(=O)OC1CCOC1=O.C=C(C)C(=O)OCC(=O)OC1C2CC3C(=O)OC1C3C2.C=C(C)C(=O)OCC(=O)OC1C2CC3CC(C2)C(=O)OC1C3.C=C(C)C(=O)OCCOC(=O)CC(F)(F)F. The van der Waals surface area contributed by atoms with E-state index in [4.69, 9.17) is 42.6 Å². The van der Waals surface area contributed by atoms with Gasteiger partial charge in [-0.05, 0) is 91.9 Å². The number of cyclic esters (lactones) is 1. The van der Waals surface area contributed by atoms with Crippen molar-refractivity contribution >= 4 is 71.6 Å². The van der Waals surface area contributed by atoms with Crippen molar-refractivity contribution in [1.82, 2.24) is 0 Å². The minimum atomic E-state index is -4.59. The first kappa shape index (κ1) is 67.3. The molecule has 0 amide bonds. The highest BCUT2D eigenvalue weighted by atomic mass is 19.4. The van der Waals surface area contributed by atoms with E-state index in [0.29, 0.717) is 30.4 Å². The summed E-state index contributed by atoms with van der Waals surface area (Å²) in [4.78, 5) is 136. The van der Waals surface area contributed by atoms with E-state index in [1.54, 1.807) is 6.92 Å². The Hall–Kier alpha value is -7.87. The molecule has 0 radical (unpaired) electrons. The monoisotopic (exact) mass is 1220 g/mol. The van der Waals surface area contributed by atoms with E-state index in [0.717, 1.165) is 51.4 Å². The van der Waals surface area contributed by atoms with Gasteiger partial charge in [0.05, 0.1) is 24.4 Å². The Labute approximate surface area is 492 Å². The van der Waals surface area contributed by atoms with E-state index in [-0.39, 0.29) is 119 Å². The highest BCUT2D eigenvalue weighted by Crippen LogP contribution is 2.57. The third-order valence-electron chi connectivity index (χ3n) is 15.9. The summed E-state index contributed by atoms with van der Waals surface area (Å²) >= 11 is 0. The summed E-state index contributed by atoms with van der Waals surface area (Å²) in [5.74, 6) is -4.80. The lowest BCUT2D eigenvalue weighted by atomic mass is 9.67. The van der Waals surface area contributed by atoms with E-state index in [1.807, 2.05) is 0 Å². The maximum Gasteiger partial charge on any atom is 0.399 e. The highest BCUT2D eigenvalue weighted by Gasteiger charge is 2.64. The molecule has 0 N–H and O–H groups in total. The molecule has 16 atom stereocenters. The number of halogens is 3. The number of carbonyl (C=O) groups excluding carboxylic acids is 12. The fourth-order valence-corrected chi connectivity index (χ4v) is 12.1. The van der Waals surface area contributed by atoms with Crippen LogP contribution in [-0.4, -0.2) is 154 Å². The number of hydrogen-bond donors (Lipinski definition) is 0. The lowest BCUT2D eigenvalue weighted by Crippen LogP contribution is -2.45. The number of ether oxygens (including phenoxy) is 12. The van der Waals surface area contributed by atoms with Crippen LogP contribution in [0.1, 0.15) is 98.8 Å². The van der Waals surface area contributed by atoms with Crippen LogP contribution in [-0.2, 0) is 114 Å². The van der Waals surface area contributed by atoms with Gasteiger partial charge in [-0.2, -0.15) is 13.2 Å². The van der Waals surface area contributed by atoms with Gasteiger partial charge in [0.1, 0.15) is 56.3 Å². The first-order valence-electron chi connectivity index (χ1n) is 27.9. The largest absolute Gasteiger partial charge is 0.463 e. The molecule has 11 rings (SSSR count). The van der Waals surface area contributed by atoms with Gasteiger partial charge < -0.3 is 56.8 Å². The number of carbonyl (C=O) groups is 12. The zero-order chi connectivity index (χ0) is 63.6. The van der Waals surface area contributed by atoms with Crippen molar-refractivity contribution in [2.45, 2.75) is 148 Å². The fourth-order valence-electron chi connectivity index (χ4n) is 12.1. The average Bonchev–Trinajstić information content (AvgIpc) is 1.64. The van der Waals surface area contributed by atoms with Crippen molar-refractivity contribution in [1.29, 1.82) is 0 Å². The quantitative estimate of drug-likeness (QED) is 0.0795. The summed E-state index contributed by atoms with van der Waals surface area (Å²) in [6, 6.07) is 0. The van der Waals surface area contributed by atoms with Crippen molar-refractivity contribution in [3.05, 3.63) is 60.8 Å². The lowest BCUT2D eigenvalue weighted by Gasteiger charge is -2.41. The molecule has 6 aliphatic carbocycles. The maximum atomic E-state index is 11.9. The molecule has 8 bridgehead atoms. The van der Waals surface area contributed by atoms with Crippen LogP contribution in [0.3, 0.4) is 0 Å². The Morgan fingerprint density at radius 1 is 0.477 bits per heavy atom. The Kier molecular flexibility index (Phi) is 22.7. The smallest absolute Gasteiger partial charge is 0.399 e. The Balaban J connectivity index is 0.000000174. The van der Waals surface area contributed by atoms with Crippen LogP contribution in [0.15, 0.2) is 60.8 Å². The van der Waals surface area contributed by atoms with Crippen molar-refractivity contribution in [2.24, 2.45) is 53.3 Å². The zero-order valence-corrected chi connectivity index (χ0v) is 48.3. The third-order valence-corrected chi connectivity index (χ3v) is 15.9. The van der Waals surface area contributed by atoms with Crippen LogP contribution < -0.4 is 0 Å². The molecular formula is C59H71F3O24. The number of fused-ring (bicyclic) bond motifs is 3. The number of esters is 12. The van der Waals surface area contributed by atoms with Gasteiger partial charge in [0, 0.05) is 63.9 Å². The van der Waals surface area contributed by atoms with Crippen LogP contribution in [0.2, 0.25) is 0 Å². The first-order valence-corrected chi connectivity index (χ1v) is 27.9. The standard InChI is InChI=1S/C16H20O6.C14H16O6.C12H14O4.C9H11F3O4.C8H10O4/c1-8(2)15(18)20-7-13(17)22-14-10-3-9-4-11(6-10)16(19)21-12(14)5-9;1-6(2)13(16)18-5-10(15)19-11-7-3-8-9(4-7)14(17)20-12(8)11;1-5(2)11(13)15-9-6-3-7-8(4-6)12(14)16-10(7)9;1-6(2)8(14)16-4-3-15-7(13)5-9(10,11)12;1-5(2)7(9)12-6-3-4-11-8(6)10/h9-12,14H,1,3-7H2,2H3;7-9,11-12H,1,3-5H2,2H3;6-10H,1,3-4H2,2H3;1,3-5H2,2H3;6H,1,3-4H2,2H3. The summed E-state index contributed by atoms with van der Waals surface area (Å²) < 4.78 is 94.7. The Morgan fingerprint density at radius 3 is 1.41 bits per heavy atom. The van der Waals surface area contributed by atoms with Crippen molar-refractivity contribution in [2.75, 3.05) is 33.0 Å². The number of alkyl halides is 3. The summed E-state index contributed by atoms with van der Waals surface area (Å²) in [5.41, 5.74) is 1.29. The minimum absolute atomic E-state index is 0.0128. The van der Waals surface area contributed by atoms with Crippen LogP contribution in [0, 0.1) is 53.3 Å². The van der Waals surface area contributed by atoms with E-state index >= 15 is 0 Å². The molecule has 5 saturated heterocycles. The molecule has 472 valence electrons. The molecule has 6 saturated carbocycles. The van der Waals surface area contributed by atoms with Crippen molar-refractivity contribution in [3.63, 3.8) is 0 Å². The molecule has 11 aliphatic rings. The topological polar surface area (TPSA) is 316 Å². The van der Waals surface area contributed by atoms with Gasteiger partial charge >= 0.3 is 77.8 Å². The van der Waals surface area contributed by atoms with E-state index in [2.05, 4.69) is 47.1 Å². The molecule has 0 aromatic rings. The van der Waals surface area contributed by atoms with Gasteiger partial charge in [0.2, 0.25) is 6.10 Å². The van der Waals surface area contributed by atoms with Gasteiger partial charge in [-0.15, -0.1) is 0 Å². The fraction of sp³-hybridized carbons (Fsp3) is 0.627. The Morgan fingerprint density at radius 2 is 0.930 bits per heavy atom. The molecule has 5 heterocycles. The molecule has 27 heteroatoms. The van der Waals surface area contributed by atoms with Crippen LogP contribution >= 0.6 is 0 Å². The van der Waals surface area contributed by atoms with Gasteiger partial charge in [0.25, 0.3) is 0 Å². The molecule has 11 fully saturated rings. The van der Waals surface area contributed by atoms with Gasteiger partial charge in [0.15, 0.2) is 13.2 Å². The summed E-state index contributed by atoms with van der Waals surface area (Å²) in [6.45, 7) is 23.4. The average molecular weight is 1220 g/mol. The van der Waals surface area contributed by atoms with Crippen LogP contribution in [0.5, 0.6) is 0 Å². The van der Waals surface area contributed by atoms with Crippen molar-refractivity contribution in [3.8, 4) is 0 Å². The molecule has 0 spiro atoms. The molecule has 24 nitrogen and oxygen atoms in total.